The lowest BCUT2D eigenvalue weighted by Gasteiger charge is -2.30. The summed E-state index contributed by atoms with van der Waals surface area (Å²) in [7, 11) is 0. The van der Waals surface area contributed by atoms with Crippen LogP contribution in [0.4, 0.5) is 0 Å². The maximum absolute atomic E-state index is 12.1. The largest absolute Gasteiger partial charge is 0.388 e. The van der Waals surface area contributed by atoms with Crippen LogP contribution < -0.4 is 5.32 Å². The van der Waals surface area contributed by atoms with Crippen molar-refractivity contribution in [1.82, 2.24) is 10.2 Å². The van der Waals surface area contributed by atoms with Crippen molar-refractivity contribution in [3.8, 4) is 0 Å². The topological polar surface area (TPSA) is 72.8 Å². The summed E-state index contributed by atoms with van der Waals surface area (Å²) in [5, 5.41) is 22.1. The van der Waals surface area contributed by atoms with Crippen LogP contribution in [0.3, 0.4) is 0 Å². The molecule has 0 spiro atoms. The van der Waals surface area contributed by atoms with Crippen LogP contribution in [0.2, 0.25) is 0 Å². The first-order chi connectivity index (χ1) is 7.58. The number of carbonyl (C=O) groups excluding carboxylic acids is 1. The Hall–Kier alpha value is -0.650. The summed E-state index contributed by atoms with van der Waals surface area (Å²) in [5.41, 5.74) is 0. The highest BCUT2D eigenvalue weighted by atomic mass is 16.3. The van der Waals surface area contributed by atoms with E-state index in [1.165, 1.54) is 0 Å². The lowest BCUT2D eigenvalue weighted by molar-refractivity contribution is -0.133. The van der Waals surface area contributed by atoms with Crippen LogP contribution in [0.25, 0.3) is 0 Å². The first kappa shape index (κ1) is 11.8. The number of amides is 1. The van der Waals surface area contributed by atoms with Crippen molar-refractivity contribution in [3.63, 3.8) is 0 Å². The average Bonchev–Trinajstić information content (AvgIpc) is 2.58. The fourth-order valence-corrected chi connectivity index (χ4v) is 2.50. The molecule has 0 aromatic heterocycles. The number of hydrogen-bond acceptors (Lipinski definition) is 4. The van der Waals surface area contributed by atoms with Gasteiger partial charge in [-0.25, -0.2) is 0 Å². The van der Waals surface area contributed by atoms with Gasteiger partial charge >= 0.3 is 0 Å². The second-order valence-corrected chi connectivity index (χ2v) is 4.93. The van der Waals surface area contributed by atoms with Crippen molar-refractivity contribution in [1.29, 1.82) is 0 Å². The third-order valence-corrected chi connectivity index (χ3v) is 3.48. The van der Waals surface area contributed by atoms with E-state index in [9.17, 15) is 15.0 Å². The van der Waals surface area contributed by atoms with Gasteiger partial charge in [-0.1, -0.05) is 0 Å². The molecule has 92 valence electrons. The Kier molecular flexibility index (Phi) is 3.47. The molecule has 0 aliphatic carbocycles. The SMILES string of the molecule is CC1CCCC(C(=O)N2CC(O)C(O)C2)N1. The van der Waals surface area contributed by atoms with Gasteiger partial charge in [-0.15, -0.1) is 0 Å². The predicted molar refractivity (Wildman–Crippen MR) is 58.8 cm³/mol. The summed E-state index contributed by atoms with van der Waals surface area (Å²) in [6.45, 7) is 2.59. The zero-order valence-corrected chi connectivity index (χ0v) is 9.59. The molecule has 5 heteroatoms. The first-order valence-corrected chi connectivity index (χ1v) is 5.99. The van der Waals surface area contributed by atoms with Crippen LogP contribution in [0.15, 0.2) is 0 Å². The standard InChI is InChI=1S/C11H20N2O3/c1-7-3-2-4-8(12-7)11(16)13-5-9(14)10(15)6-13/h7-10,12,14-15H,2-6H2,1H3. The first-order valence-electron chi connectivity index (χ1n) is 5.99. The third-order valence-electron chi connectivity index (χ3n) is 3.48. The minimum atomic E-state index is -0.787. The predicted octanol–water partition coefficient (Wildman–Crippen LogP) is -0.919. The molecule has 0 saturated carbocycles. The van der Waals surface area contributed by atoms with Crippen molar-refractivity contribution in [2.45, 2.75) is 50.5 Å². The van der Waals surface area contributed by atoms with Crippen molar-refractivity contribution in [2.24, 2.45) is 0 Å². The van der Waals surface area contributed by atoms with Crippen LogP contribution >= 0.6 is 0 Å². The zero-order valence-electron chi connectivity index (χ0n) is 9.59. The van der Waals surface area contributed by atoms with Gasteiger partial charge in [0, 0.05) is 19.1 Å². The van der Waals surface area contributed by atoms with E-state index >= 15 is 0 Å². The molecule has 1 amide bonds. The Bertz CT molecular complexity index is 255. The van der Waals surface area contributed by atoms with E-state index in [0.29, 0.717) is 6.04 Å². The number of likely N-dealkylation sites (tertiary alicyclic amines) is 1. The molecule has 3 N–H and O–H groups in total. The van der Waals surface area contributed by atoms with Crippen LogP contribution in [0.1, 0.15) is 26.2 Å². The van der Waals surface area contributed by atoms with Crippen molar-refractivity contribution < 1.29 is 15.0 Å². The van der Waals surface area contributed by atoms with Crippen LogP contribution in [0, 0.1) is 0 Å². The van der Waals surface area contributed by atoms with Gasteiger partial charge in [-0.05, 0) is 26.2 Å². The van der Waals surface area contributed by atoms with Gasteiger partial charge in [-0.2, -0.15) is 0 Å². The molecule has 4 unspecified atom stereocenters. The molecule has 0 aromatic rings. The Balaban J connectivity index is 1.92. The molecule has 2 aliphatic heterocycles. The fraction of sp³-hybridized carbons (Fsp3) is 0.909. The lowest BCUT2D eigenvalue weighted by Crippen LogP contribution is -2.51. The van der Waals surface area contributed by atoms with Gasteiger partial charge in [0.05, 0.1) is 18.2 Å². The molecule has 2 heterocycles. The molecule has 16 heavy (non-hydrogen) atoms. The van der Waals surface area contributed by atoms with E-state index in [0.717, 1.165) is 19.3 Å². The second-order valence-electron chi connectivity index (χ2n) is 4.93. The maximum Gasteiger partial charge on any atom is 0.239 e. The smallest absolute Gasteiger partial charge is 0.239 e. The molecule has 5 nitrogen and oxygen atoms in total. The number of aliphatic hydroxyl groups excluding tert-OH is 2. The number of rotatable bonds is 1. The molecule has 4 atom stereocenters. The van der Waals surface area contributed by atoms with Crippen LogP contribution in [-0.4, -0.2) is 58.4 Å². The van der Waals surface area contributed by atoms with Crippen LogP contribution in [0.5, 0.6) is 0 Å². The van der Waals surface area contributed by atoms with Gasteiger partial charge in [-0.3, -0.25) is 4.79 Å². The number of nitrogens with one attached hydrogen (secondary N) is 1. The van der Waals surface area contributed by atoms with Gasteiger partial charge in [0.2, 0.25) is 5.91 Å². The number of piperidine rings is 1. The molecule has 0 aromatic carbocycles. The van der Waals surface area contributed by atoms with Crippen molar-refractivity contribution in [3.05, 3.63) is 0 Å². The van der Waals surface area contributed by atoms with E-state index in [-0.39, 0.29) is 25.0 Å². The minimum absolute atomic E-state index is 0.0159. The lowest BCUT2D eigenvalue weighted by atomic mass is 9.99. The van der Waals surface area contributed by atoms with E-state index in [2.05, 4.69) is 12.2 Å². The summed E-state index contributed by atoms with van der Waals surface area (Å²) in [5.74, 6) is 0.0159. The monoisotopic (exact) mass is 228 g/mol. The molecule has 2 saturated heterocycles. The van der Waals surface area contributed by atoms with Gasteiger partial charge in [0.25, 0.3) is 0 Å². The number of hydrogen-bond donors (Lipinski definition) is 3. The van der Waals surface area contributed by atoms with E-state index in [1.54, 1.807) is 4.90 Å². The molecule has 0 bridgehead atoms. The fourth-order valence-electron chi connectivity index (χ4n) is 2.50. The van der Waals surface area contributed by atoms with Crippen LogP contribution in [-0.2, 0) is 4.79 Å². The average molecular weight is 228 g/mol. The highest BCUT2D eigenvalue weighted by Gasteiger charge is 2.36. The van der Waals surface area contributed by atoms with E-state index < -0.39 is 12.2 Å². The molecular weight excluding hydrogens is 208 g/mol. The number of β-amino-alcohol motifs (C(OH)–C–C–N with tert-alkyl or cyclic N) is 2. The van der Waals surface area contributed by atoms with Gasteiger partial charge in [0.1, 0.15) is 0 Å². The summed E-state index contributed by atoms with van der Waals surface area (Å²) in [4.78, 5) is 13.6. The van der Waals surface area contributed by atoms with Crippen molar-refractivity contribution in [2.75, 3.05) is 13.1 Å². The highest BCUT2D eigenvalue weighted by molar-refractivity contribution is 5.82. The number of aliphatic hydroxyl groups is 2. The number of carbonyl (C=O) groups is 1. The molecule has 2 aliphatic rings. The summed E-state index contributed by atoms with van der Waals surface area (Å²) in [6.07, 6.45) is 1.44. The minimum Gasteiger partial charge on any atom is -0.388 e. The second kappa shape index (κ2) is 4.69. The van der Waals surface area contributed by atoms with Crippen molar-refractivity contribution >= 4 is 5.91 Å². The zero-order chi connectivity index (χ0) is 11.7. The molecule has 2 rings (SSSR count). The van der Waals surface area contributed by atoms with E-state index in [1.807, 2.05) is 0 Å². The van der Waals surface area contributed by atoms with E-state index in [4.69, 9.17) is 0 Å². The Morgan fingerprint density at radius 2 is 1.88 bits per heavy atom. The maximum atomic E-state index is 12.1. The van der Waals surface area contributed by atoms with Gasteiger partial charge in [0.15, 0.2) is 0 Å². The Morgan fingerprint density at radius 3 is 2.44 bits per heavy atom. The quantitative estimate of drug-likeness (QED) is 0.543. The normalized spacial score (nSPS) is 40.1. The Labute approximate surface area is 95.4 Å². The Morgan fingerprint density at radius 1 is 1.25 bits per heavy atom. The summed E-state index contributed by atoms with van der Waals surface area (Å²) >= 11 is 0. The van der Waals surface area contributed by atoms with Gasteiger partial charge < -0.3 is 20.4 Å². The highest BCUT2D eigenvalue weighted by Crippen LogP contribution is 2.17. The number of nitrogens with zero attached hydrogens (tertiary/aromatic N) is 1. The summed E-state index contributed by atoms with van der Waals surface area (Å²) in [6, 6.07) is 0.237. The molecular formula is C11H20N2O3. The summed E-state index contributed by atoms with van der Waals surface area (Å²) < 4.78 is 0. The third kappa shape index (κ3) is 2.36. The molecule has 2 fully saturated rings. The molecule has 0 radical (unpaired) electrons.